The van der Waals surface area contributed by atoms with Crippen LogP contribution in [0.3, 0.4) is 0 Å². The Bertz CT molecular complexity index is 1010. The second-order valence-corrected chi connectivity index (χ2v) is 7.89. The van der Waals surface area contributed by atoms with Crippen molar-refractivity contribution in [2.45, 2.75) is 38.4 Å². The van der Waals surface area contributed by atoms with Gasteiger partial charge in [-0.2, -0.15) is 18.3 Å². The maximum Gasteiger partial charge on any atom is 0.416 e. The van der Waals surface area contributed by atoms with E-state index in [0.717, 1.165) is 29.9 Å². The molecule has 0 N–H and O–H groups in total. The molecule has 2 aromatic heterocycles. The van der Waals surface area contributed by atoms with Crippen molar-refractivity contribution in [3.63, 3.8) is 0 Å². The summed E-state index contributed by atoms with van der Waals surface area (Å²) in [5.41, 5.74) is 2.46. The minimum Gasteiger partial charge on any atom is -0.301 e. The van der Waals surface area contributed by atoms with Gasteiger partial charge in [0.15, 0.2) is 0 Å². The first-order valence-corrected chi connectivity index (χ1v) is 10.2. The number of pyridine rings is 1. The minimum absolute atomic E-state index is 0.156. The number of likely N-dealkylation sites (tertiary alicyclic amines) is 1. The molecule has 3 heterocycles. The molecule has 0 aliphatic carbocycles. The standard InChI is InChI=1S/C23H25F3N4/c1-3-11-29-14-19(18-6-4-5-7-20(18)23(24,25)26)22(15-29)30-12-9-21(28-30)17-8-10-27-16(2)13-17/h4-10,12-13,19,22H,3,11,14-15H2,1-2H3/t19-,22+/m0/s1. The fraction of sp³-hybridized carbons (Fsp3) is 0.391. The Labute approximate surface area is 174 Å². The minimum atomic E-state index is -4.37. The summed E-state index contributed by atoms with van der Waals surface area (Å²) >= 11 is 0. The lowest BCUT2D eigenvalue weighted by Gasteiger charge is -2.23. The van der Waals surface area contributed by atoms with Gasteiger partial charge in [-0.3, -0.25) is 9.67 Å². The fourth-order valence-electron chi connectivity index (χ4n) is 4.40. The quantitative estimate of drug-likeness (QED) is 0.566. The normalized spacial score (nSPS) is 20.0. The van der Waals surface area contributed by atoms with E-state index in [1.165, 1.54) is 12.1 Å². The molecule has 0 amide bonds. The molecule has 1 saturated heterocycles. The monoisotopic (exact) mass is 414 g/mol. The maximum atomic E-state index is 13.7. The van der Waals surface area contributed by atoms with Crippen molar-refractivity contribution in [3.8, 4) is 11.3 Å². The molecule has 1 aliphatic rings. The molecule has 2 atom stereocenters. The lowest BCUT2D eigenvalue weighted by Crippen LogP contribution is -2.22. The first-order chi connectivity index (χ1) is 14.4. The molecule has 0 radical (unpaired) electrons. The van der Waals surface area contributed by atoms with Gasteiger partial charge in [-0.15, -0.1) is 0 Å². The van der Waals surface area contributed by atoms with Crippen molar-refractivity contribution >= 4 is 0 Å². The molecule has 4 rings (SSSR count). The number of alkyl halides is 3. The predicted molar refractivity (Wildman–Crippen MR) is 110 cm³/mol. The van der Waals surface area contributed by atoms with Crippen LogP contribution in [-0.2, 0) is 6.18 Å². The number of rotatable bonds is 5. The summed E-state index contributed by atoms with van der Waals surface area (Å²) in [4.78, 5) is 6.45. The van der Waals surface area contributed by atoms with Gasteiger partial charge in [0.1, 0.15) is 0 Å². The number of benzene rings is 1. The summed E-state index contributed by atoms with van der Waals surface area (Å²) in [6.07, 6.45) is 0.212. The van der Waals surface area contributed by atoms with E-state index in [0.29, 0.717) is 18.7 Å². The van der Waals surface area contributed by atoms with Crippen molar-refractivity contribution < 1.29 is 13.2 Å². The molecule has 7 heteroatoms. The van der Waals surface area contributed by atoms with E-state index in [1.54, 1.807) is 18.3 Å². The van der Waals surface area contributed by atoms with Crippen LogP contribution in [-0.4, -0.2) is 39.3 Å². The maximum absolute atomic E-state index is 13.7. The van der Waals surface area contributed by atoms with Gasteiger partial charge in [0.05, 0.1) is 17.3 Å². The first-order valence-electron chi connectivity index (χ1n) is 10.2. The van der Waals surface area contributed by atoms with Gasteiger partial charge in [0.2, 0.25) is 0 Å². The van der Waals surface area contributed by atoms with Crippen molar-refractivity contribution in [1.82, 2.24) is 19.7 Å². The van der Waals surface area contributed by atoms with E-state index in [4.69, 9.17) is 5.10 Å². The highest BCUT2D eigenvalue weighted by Gasteiger charge is 2.41. The average molecular weight is 414 g/mol. The molecule has 0 spiro atoms. The molecular formula is C23H25F3N4. The largest absolute Gasteiger partial charge is 0.416 e. The smallest absolute Gasteiger partial charge is 0.301 e. The fourth-order valence-corrected chi connectivity index (χ4v) is 4.40. The van der Waals surface area contributed by atoms with Crippen LogP contribution in [0.4, 0.5) is 13.2 Å². The molecule has 0 saturated carbocycles. The van der Waals surface area contributed by atoms with Gasteiger partial charge in [0.25, 0.3) is 0 Å². The summed E-state index contributed by atoms with van der Waals surface area (Å²) in [7, 11) is 0. The molecular weight excluding hydrogens is 389 g/mol. The molecule has 1 aromatic carbocycles. The van der Waals surface area contributed by atoms with Gasteiger partial charge < -0.3 is 4.90 Å². The van der Waals surface area contributed by atoms with Gasteiger partial charge in [0, 0.05) is 42.7 Å². The van der Waals surface area contributed by atoms with Crippen LogP contribution in [0.25, 0.3) is 11.3 Å². The second kappa shape index (κ2) is 8.22. The SMILES string of the molecule is CCCN1C[C@@H](n2ccc(-c3ccnc(C)c3)n2)[C@H](c2ccccc2C(F)(F)F)C1. The van der Waals surface area contributed by atoms with E-state index >= 15 is 0 Å². The Morgan fingerprint density at radius 1 is 1.10 bits per heavy atom. The van der Waals surface area contributed by atoms with E-state index in [1.807, 2.05) is 36.0 Å². The number of aromatic nitrogens is 3. The van der Waals surface area contributed by atoms with Gasteiger partial charge in [-0.25, -0.2) is 0 Å². The highest BCUT2D eigenvalue weighted by molar-refractivity contribution is 5.58. The summed E-state index contributed by atoms with van der Waals surface area (Å²) in [6, 6.07) is 11.6. The Morgan fingerprint density at radius 3 is 2.63 bits per heavy atom. The van der Waals surface area contributed by atoms with Gasteiger partial charge in [-0.1, -0.05) is 25.1 Å². The van der Waals surface area contributed by atoms with Gasteiger partial charge in [-0.05, 0) is 49.7 Å². The Balaban J connectivity index is 1.71. The molecule has 4 nitrogen and oxygen atoms in total. The molecule has 1 aliphatic heterocycles. The number of aryl methyl sites for hydroxylation is 1. The van der Waals surface area contributed by atoms with Crippen LogP contribution in [0, 0.1) is 6.92 Å². The zero-order chi connectivity index (χ0) is 21.3. The third-order valence-corrected chi connectivity index (χ3v) is 5.71. The summed E-state index contributed by atoms with van der Waals surface area (Å²) in [6.45, 7) is 6.14. The highest BCUT2D eigenvalue weighted by Crippen LogP contribution is 2.42. The van der Waals surface area contributed by atoms with Crippen molar-refractivity contribution in [1.29, 1.82) is 0 Å². The number of nitrogens with zero attached hydrogens (tertiary/aromatic N) is 4. The van der Waals surface area contributed by atoms with Crippen molar-refractivity contribution in [2.75, 3.05) is 19.6 Å². The third-order valence-electron chi connectivity index (χ3n) is 5.71. The number of halogens is 3. The van der Waals surface area contributed by atoms with Crippen LogP contribution in [0.2, 0.25) is 0 Å². The van der Waals surface area contributed by atoms with Crippen LogP contribution >= 0.6 is 0 Å². The predicted octanol–water partition coefficient (Wildman–Crippen LogP) is 5.32. The zero-order valence-electron chi connectivity index (χ0n) is 17.1. The zero-order valence-corrected chi connectivity index (χ0v) is 17.1. The molecule has 3 aromatic rings. The summed E-state index contributed by atoms with van der Waals surface area (Å²) in [5.74, 6) is -0.277. The summed E-state index contributed by atoms with van der Waals surface area (Å²) < 4.78 is 42.9. The van der Waals surface area contributed by atoms with Crippen molar-refractivity contribution in [2.24, 2.45) is 0 Å². The first kappa shape index (κ1) is 20.6. The second-order valence-electron chi connectivity index (χ2n) is 7.89. The summed E-state index contributed by atoms with van der Waals surface area (Å²) in [5, 5.41) is 4.75. The van der Waals surface area contributed by atoms with Crippen LogP contribution in [0.1, 0.15) is 42.1 Å². The van der Waals surface area contributed by atoms with Crippen LogP contribution < -0.4 is 0 Å². The van der Waals surface area contributed by atoms with E-state index in [9.17, 15) is 13.2 Å². The topological polar surface area (TPSA) is 34.0 Å². The molecule has 30 heavy (non-hydrogen) atoms. The molecule has 1 fully saturated rings. The third kappa shape index (κ3) is 4.12. The Morgan fingerprint density at radius 2 is 1.90 bits per heavy atom. The van der Waals surface area contributed by atoms with Crippen LogP contribution in [0.15, 0.2) is 54.9 Å². The average Bonchev–Trinajstić information content (AvgIpc) is 3.35. The number of hydrogen-bond donors (Lipinski definition) is 0. The Kier molecular flexibility index (Phi) is 5.64. The van der Waals surface area contributed by atoms with E-state index < -0.39 is 11.7 Å². The molecule has 0 bridgehead atoms. The Hall–Kier alpha value is -2.67. The van der Waals surface area contributed by atoms with E-state index in [-0.39, 0.29) is 12.0 Å². The lowest BCUT2D eigenvalue weighted by molar-refractivity contribution is -0.138. The van der Waals surface area contributed by atoms with Gasteiger partial charge >= 0.3 is 6.18 Å². The lowest BCUT2D eigenvalue weighted by atomic mass is 9.90. The van der Waals surface area contributed by atoms with Crippen LogP contribution in [0.5, 0.6) is 0 Å². The van der Waals surface area contributed by atoms with Crippen molar-refractivity contribution in [3.05, 3.63) is 71.7 Å². The molecule has 158 valence electrons. The van der Waals surface area contributed by atoms with E-state index in [2.05, 4.69) is 16.8 Å². The number of hydrogen-bond acceptors (Lipinski definition) is 3. The molecule has 0 unspecified atom stereocenters. The highest BCUT2D eigenvalue weighted by atomic mass is 19.4.